The fourth-order valence-corrected chi connectivity index (χ4v) is 2.68. The number of aromatic amines is 1. The van der Waals surface area contributed by atoms with Crippen LogP contribution in [0.5, 0.6) is 0 Å². The van der Waals surface area contributed by atoms with Gasteiger partial charge in [-0.25, -0.2) is 9.97 Å². The molecule has 20 heavy (non-hydrogen) atoms. The van der Waals surface area contributed by atoms with Crippen LogP contribution in [-0.2, 0) is 0 Å². The lowest BCUT2D eigenvalue weighted by atomic mass is 9.96. The molecule has 0 bridgehead atoms. The average Bonchev–Trinajstić information content (AvgIpc) is 3.01. The fraction of sp³-hybridized carbons (Fsp3) is 0.400. The minimum atomic E-state index is 0.0339. The number of nitrogens with zero attached hydrogens (tertiary/aromatic N) is 3. The van der Waals surface area contributed by atoms with Crippen molar-refractivity contribution in [3.8, 4) is 0 Å². The molecule has 1 fully saturated rings. The lowest BCUT2D eigenvalue weighted by Gasteiger charge is -2.31. The van der Waals surface area contributed by atoms with Crippen LogP contribution < -0.4 is 0 Å². The van der Waals surface area contributed by atoms with Crippen LogP contribution in [0.4, 0.5) is 0 Å². The molecule has 1 amide bonds. The van der Waals surface area contributed by atoms with E-state index in [0.717, 1.165) is 37.4 Å². The highest BCUT2D eigenvalue weighted by Gasteiger charge is 2.26. The highest BCUT2D eigenvalue weighted by atomic mass is 16.2. The van der Waals surface area contributed by atoms with Crippen molar-refractivity contribution < 1.29 is 4.79 Å². The summed E-state index contributed by atoms with van der Waals surface area (Å²) in [5.41, 5.74) is 1.42. The number of likely N-dealkylation sites (tertiary alicyclic amines) is 1. The van der Waals surface area contributed by atoms with E-state index in [2.05, 4.69) is 15.0 Å². The van der Waals surface area contributed by atoms with Gasteiger partial charge in [-0.05, 0) is 31.9 Å². The van der Waals surface area contributed by atoms with Crippen LogP contribution in [-0.4, -0.2) is 38.8 Å². The fourth-order valence-electron chi connectivity index (χ4n) is 2.68. The van der Waals surface area contributed by atoms with Crippen LogP contribution in [0.3, 0.4) is 0 Å². The van der Waals surface area contributed by atoms with E-state index in [1.807, 2.05) is 30.2 Å². The molecule has 3 rings (SSSR count). The number of piperidine rings is 1. The van der Waals surface area contributed by atoms with Crippen molar-refractivity contribution >= 4 is 5.91 Å². The van der Waals surface area contributed by atoms with Crippen molar-refractivity contribution in [2.75, 3.05) is 13.1 Å². The minimum Gasteiger partial charge on any atom is -0.348 e. The van der Waals surface area contributed by atoms with E-state index >= 15 is 0 Å². The molecule has 5 nitrogen and oxygen atoms in total. The summed E-state index contributed by atoms with van der Waals surface area (Å²) >= 11 is 0. The Balaban J connectivity index is 1.65. The van der Waals surface area contributed by atoms with Gasteiger partial charge in [-0.2, -0.15) is 0 Å². The van der Waals surface area contributed by atoms with Crippen LogP contribution in [0.2, 0.25) is 0 Å². The van der Waals surface area contributed by atoms with Gasteiger partial charge in [-0.15, -0.1) is 0 Å². The molecule has 0 saturated carbocycles. The van der Waals surface area contributed by atoms with Crippen molar-refractivity contribution in [3.05, 3.63) is 47.8 Å². The molecule has 1 N–H and O–H groups in total. The monoisotopic (exact) mass is 270 g/mol. The lowest BCUT2D eigenvalue weighted by molar-refractivity contribution is 0.0705. The second kappa shape index (κ2) is 5.45. The Morgan fingerprint density at radius 1 is 1.35 bits per heavy atom. The van der Waals surface area contributed by atoms with Crippen molar-refractivity contribution in [3.63, 3.8) is 0 Å². The highest BCUT2D eigenvalue weighted by Crippen LogP contribution is 2.25. The Labute approximate surface area is 118 Å². The molecule has 2 aromatic heterocycles. The SMILES string of the molecule is Cc1cccc(C(=O)N2CCC(c3ncc[nH]3)CC2)n1. The van der Waals surface area contributed by atoms with Gasteiger partial charge in [0.2, 0.25) is 0 Å². The van der Waals surface area contributed by atoms with Gasteiger partial charge in [0, 0.05) is 37.1 Å². The Morgan fingerprint density at radius 3 is 2.80 bits per heavy atom. The molecule has 1 aliphatic heterocycles. The molecule has 0 radical (unpaired) electrons. The number of carbonyl (C=O) groups is 1. The van der Waals surface area contributed by atoms with Gasteiger partial charge < -0.3 is 9.88 Å². The third kappa shape index (κ3) is 2.57. The van der Waals surface area contributed by atoms with Crippen LogP contribution >= 0.6 is 0 Å². The Kier molecular flexibility index (Phi) is 3.50. The summed E-state index contributed by atoms with van der Waals surface area (Å²) in [7, 11) is 0. The molecule has 104 valence electrons. The zero-order valence-corrected chi connectivity index (χ0v) is 11.5. The first kappa shape index (κ1) is 12.8. The van der Waals surface area contributed by atoms with Gasteiger partial charge in [0.05, 0.1) is 0 Å². The first-order valence-electron chi connectivity index (χ1n) is 6.96. The van der Waals surface area contributed by atoms with E-state index < -0.39 is 0 Å². The van der Waals surface area contributed by atoms with E-state index in [9.17, 15) is 4.79 Å². The van der Waals surface area contributed by atoms with Gasteiger partial charge in [0.15, 0.2) is 0 Å². The maximum absolute atomic E-state index is 12.4. The van der Waals surface area contributed by atoms with E-state index in [-0.39, 0.29) is 5.91 Å². The predicted molar refractivity (Wildman–Crippen MR) is 75.4 cm³/mol. The van der Waals surface area contributed by atoms with Crippen molar-refractivity contribution in [1.82, 2.24) is 19.9 Å². The normalized spacial score (nSPS) is 16.4. The number of hydrogen-bond donors (Lipinski definition) is 1. The summed E-state index contributed by atoms with van der Waals surface area (Å²) in [5.74, 6) is 1.50. The van der Waals surface area contributed by atoms with E-state index in [4.69, 9.17) is 0 Å². The van der Waals surface area contributed by atoms with E-state index in [0.29, 0.717) is 11.6 Å². The number of nitrogens with one attached hydrogen (secondary N) is 1. The first-order chi connectivity index (χ1) is 9.74. The van der Waals surface area contributed by atoms with Crippen molar-refractivity contribution in [2.45, 2.75) is 25.7 Å². The third-order valence-electron chi connectivity index (χ3n) is 3.80. The number of rotatable bonds is 2. The molecule has 0 atom stereocenters. The number of aryl methyl sites for hydroxylation is 1. The number of hydrogen-bond acceptors (Lipinski definition) is 3. The van der Waals surface area contributed by atoms with Gasteiger partial charge in [-0.3, -0.25) is 4.79 Å². The minimum absolute atomic E-state index is 0.0339. The Hall–Kier alpha value is -2.17. The number of carbonyl (C=O) groups excluding carboxylic acids is 1. The molecular formula is C15H18N4O. The van der Waals surface area contributed by atoms with Gasteiger partial charge in [0.25, 0.3) is 5.91 Å². The van der Waals surface area contributed by atoms with Crippen LogP contribution in [0.15, 0.2) is 30.6 Å². The maximum atomic E-state index is 12.4. The van der Waals surface area contributed by atoms with E-state index in [1.165, 1.54) is 0 Å². The molecule has 5 heteroatoms. The molecule has 1 saturated heterocycles. The second-order valence-corrected chi connectivity index (χ2v) is 5.21. The second-order valence-electron chi connectivity index (χ2n) is 5.21. The van der Waals surface area contributed by atoms with Gasteiger partial charge in [-0.1, -0.05) is 6.07 Å². The zero-order valence-electron chi connectivity index (χ0n) is 11.5. The van der Waals surface area contributed by atoms with Crippen LogP contribution in [0, 0.1) is 6.92 Å². The largest absolute Gasteiger partial charge is 0.348 e. The maximum Gasteiger partial charge on any atom is 0.272 e. The molecule has 0 aromatic carbocycles. The molecule has 2 aromatic rings. The topological polar surface area (TPSA) is 61.9 Å². The van der Waals surface area contributed by atoms with Crippen LogP contribution in [0.1, 0.15) is 40.8 Å². The molecule has 1 aliphatic rings. The molecule has 0 spiro atoms. The molecule has 0 unspecified atom stereocenters. The van der Waals surface area contributed by atoms with Crippen LogP contribution in [0.25, 0.3) is 0 Å². The number of amides is 1. The number of aromatic nitrogens is 3. The summed E-state index contributed by atoms with van der Waals surface area (Å²) in [6.07, 6.45) is 5.53. The zero-order chi connectivity index (χ0) is 13.9. The van der Waals surface area contributed by atoms with Gasteiger partial charge in [0.1, 0.15) is 11.5 Å². The number of H-pyrrole nitrogens is 1. The first-order valence-corrected chi connectivity index (χ1v) is 6.96. The van der Waals surface area contributed by atoms with Crippen molar-refractivity contribution in [2.24, 2.45) is 0 Å². The Morgan fingerprint density at radius 2 is 2.15 bits per heavy atom. The highest BCUT2D eigenvalue weighted by molar-refractivity contribution is 5.92. The summed E-state index contributed by atoms with van der Waals surface area (Å²) in [6.45, 7) is 3.43. The predicted octanol–water partition coefficient (Wildman–Crippen LogP) is 2.13. The van der Waals surface area contributed by atoms with Crippen molar-refractivity contribution in [1.29, 1.82) is 0 Å². The summed E-state index contributed by atoms with van der Waals surface area (Å²) < 4.78 is 0. The standard InChI is InChI=1S/C15H18N4O/c1-11-3-2-4-13(18-11)15(20)19-9-5-12(6-10-19)14-16-7-8-17-14/h2-4,7-8,12H,5-6,9-10H2,1H3,(H,16,17). The average molecular weight is 270 g/mol. The summed E-state index contributed by atoms with van der Waals surface area (Å²) in [5, 5.41) is 0. The lowest BCUT2D eigenvalue weighted by Crippen LogP contribution is -2.38. The molecule has 0 aliphatic carbocycles. The third-order valence-corrected chi connectivity index (χ3v) is 3.80. The molecule has 3 heterocycles. The summed E-state index contributed by atoms with van der Waals surface area (Å²) in [4.78, 5) is 26.1. The number of imidazole rings is 1. The number of pyridine rings is 1. The molecular weight excluding hydrogens is 252 g/mol. The quantitative estimate of drug-likeness (QED) is 0.909. The van der Waals surface area contributed by atoms with E-state index in [1.54, 1.807) is 12.3 Å². The summed E-state index contributed by atoms with van der Waals surface area (Å²) in [6, 6.07) is 5.57. The smallest absolute Gasteiger partial charge is 0.272 e. The van der Waals surface area contributed by atoms with Gasteiger partial charge >= 0.3 is 0 Å². The Bertz CT molecular complexity index is 586.